The van der Waals surface area contributed by atoms with Gasteiger partial charge in [-0.1, -0.05) is 67.1 Å². The molecule has 1 amide bonds. The van der Waals surface area contributed by atoms with Crippen molar-refractivity contribution in [1.82, 2.24) is 0 Å². The maximum Gasteiger partial charge on any atom is 0.300 e. The number of Topliss-reactive ketones (excluding diaryl/α,β-unsaturated/α-hetero) is 1. The van der Waals surface area contributed by atoms with Crippen LogP contribution in [0.5, 0.6) is 5.75 Å². The number of hydrogen-bond acceptors (Lipinski definition) is 4. The van der Waals surface area contributed by atoms with Crippen LogP contribution in [-0.2, 0) is 9.59 Å². The van der Waals surface area contributed by atoms with Gasteiger partial charge in [0.25, 0.3) is 11.7 Å². The van der Waals surface area contributed by atoms with Crippen molar-refractivity contribution in [2.45, 2.75) is 26.3 Å². The highest BCUT2D eigenvalue weighted by molar-refractivity contribution is 6.51. The normalized spacial score (nSPS) is 17.6. The average Bonchev–Trinajstić information content (AvgIpc) is 3.09. The van der Waals surface area contributed by atoms with Crippen LogP contribution in [0.15, 0.2) is 84.4 Å². The highest BCUT2D eigenvalue weighted by Gasteiger charge is 2.46. The Balaban J connectivity index is 1.87. The van der Waals surface area contributed by atoms with Crippen molar-refractivity contribution in [3.63, 3.8) is 0 Å². The molecule has 1 aliphatic heterocycles. The molecule has 4 rings (SSSR count). The third kappa shape index (κ3) is 4.02. The number of amides is 1. The predicted molar refractivity (Wildman–Crippen MR) is 125 cm³/mol. The number of rotatable bonds is 6. The van der Waals surface area contributed by atoms with Gasteiger partial charge in [0.15, 0.2) is 0 Å². The van der Waals surface area contributed by atoms with Crippen LogP contribution >= 0.6 is 0 Å². The van der Waals surface area contributed by atoms with E-state index >= 15 is 0 Å². The second-order valence-electron chi connectivity index (χ2n) is 7.79. The third-order valence-corrected chi connectivity index (χ3v) is 5.45. The van der Waals surface area contributed by atoms with Crippen LogP contribution in [0.3, 0.4) is 0 Å². The Labute approximate surface area is 187 Å². The number of nitrogens with zero attached hydrogens (tertiary/aromatic N) is 1. The number of aliphatic hydroxyl groups is 1. The maximum absolute atomic E-state index is 13.2. The molecule has 3 aromatic carbocycles. The fraction of sp³-hybridized carbons (Fsp3) is 0.185. The molecule has 1 saturated heterocycles. The summed E-state index contributed by atoms with van der Waals surface area (Å²) in [6.07, 6.45) is 0.853. The second kappa shape index (κ2) is 9.10. The SMILES string of the molecule is CCCOc1cccc(/C(O)=C2/C(=O)C(=O)N(c3ccc(C)cc3)C2c2ccccc2)c1. The van der Waals surface area contributed by atoms with E-state index in [4.69, 9.17) is 4.74 Å². The molecule has 3 aromatic rings. The largest absolute Gasteiger partial charge is 0.507 e. The summed E-state index contributed by atoms with van der Waals surface area (Å²) < 4.78 is 5.67. The molecule has 0 aromatic heterocycles. The highest BCUT2D eigenvalue weighted by Crippen LogP contribution is 2.42. The van der Waals surface area contributed by atoms with Gasteiger partial charge in [-0.25, -0.2) is 0 Å². The molecule has 0 spiro atoms. The molecule has 0 saturated carbocycles. The lowest BCUT2D eigenvalue weighted by Crippen LogP contribution is -2.29. The summed E-state index contributed by atoms with van der Waals surface area (Å²) in [4.78, 5) is 27.8. The molecule has 162 valence electrons. The van der Waals surface area contributed by atoms with Crippen LogP contribution in [0, 0.1) is 6.92 Å². The van der Waals surface area contributed by atoms with Crippen molar-refractivity contribution in [1.29, 1.82) is 0 Å². The molecule has 1 atom stereocenters. The summed E-state index contributed by atoms with van der Waals surface area (Å²) in [6.45, 7) is 4.52. The van der Waals surface area contributed by atoms with Crippen LogP contribution in [0.25, 0.3) is 5.76 Å². The van der Waals surface area contributed by atoms with E-state index in [1.54, 1.807) is 24.3 Å². The summed E-state index contributed by atoms with van der Waals surface area (Å²) in [5, 5.41) is 11.2. The lowest BCUT2D eigenvalue weighted by atomic mass is 9.95. The molecule has 0 aliphatic carbocycles. The van der Waals surface area contributed by atoms with Gasteiger partial charge in [-0.15, -0.1) is 0 Å². The minimum Gasteiger partial charge on any atom is -0.507 e. The Morgan fingerprint density at radius 3 is 2.38 bits per heavy atom. The monoisotopic (exact) mass is 427 g/mol. The van der Waals surface area contributed by atoms with Gasteiger partial charge in [-0.2, -0.15) is 0 Å². The van der Waals surface area contributed by atoms with Crippen LogP contribution in [0.1, 0.15) is 36.1 Å². The van der Waals surface area contributed by atoms with Crippen LogP contribution < -0.4 is 9.64 Å². The summed E-state index contributed by atoms with van der Waals surface area (Å²) in [5.74, 6) is -0.992. The van der Waals surface area contributed by atoms with Crippen LogP contribution in [0.4, 0.5) is 5.69 Å². The lowest BCUT2D eigenvalue weighted by molar-refractivity contribution is -0.132. The Hall–Kier alpha value is -3.86. The van der Waals surface area contributed by atoms with E-state index < -0.39 is 17.7 Å². The fourth-order valence-electron chi connectivity index (χ4n) is 3.86. The van der Waals surface area contributed by atoms with E-state index in [0.717, 1.165) is 17.5 Å². The van der Waals surface area contributed by atoms with E-state index in [9.17, 15) is 14.7 Å². The minimum absolute atomic E-state index is 0.0643. The first kappa shape index (κ1) is 21.4. The first-order chi connectivity index (χ1) is 15.5. The number of ketones is 1. The van der Waals surface area contributed by atoms with Crippen molar-refractivity contribution in [2.24, 2.45) is 0 Å². The third-order valence-electron chi connectivity index (χ3n) is 5.45. The van der Waals surface area contributed by atoms with Gasteiger partial charge in [0.1, 0.15) is 11.5 Å². The van der Waals surface area contributed by atoms with Gasteiger partial charge in [0, 0.05) is 11.3 Å². The molecule has 5 nitrogen and oxygen atoms in total. The quantitative estimate of drug-likeness (QED) is 0.324. The van der Waals surface area contributed by atoms with Gasteiger partial charge in [-0.05, 0) is 43.2 Å². The minimum atomic E-state index is -0.737. The summed E-state index contributed by atoms with van der Waals surface area (Å²) in [7, 11) is 0. The number of aliphatic hydroxyl groups excluding tert-OH is 1. The molecule has 0 bridgehead atoms. The molecule has 1 heterocycles. The molecular weight excluding hydrogens is 402 g/mol. The number of carbonyl (C=O) groups is 2. The number of hydrogen-bond donors (Lipinski definition) is 1. The summed E-state index contributed by atoms with van der Waals surface area (Å²) in [5.41, 5.74) is 2.89. The van der Waals surface area contributed by atoms with Crippen LogP contribution in [-0.4, -0.2) is 23.4 Å². The molecule has 5 heteroatoms. The van der Waals surface area contributed by atoms with Crippen molar-refractivity contribution in [2.75, 3.05) is 11.5 Å². The van der Waals surface area contributed by atoms with E-state index in [-0.39, 0.29) is 11.3 Å². The highest BCUT2D eigenvalue weighted by atomic mass is 16.5. The van der Waals surface area contributed by atoms with Crippen molar-refractivity contribution in [3.05, 3.63) is 101 Å². The fourth-order valence-corrected chi connectivity index (χ4v) is 3.86. The smallest absolute Gasteiger partial charge is 0.300 e. The Morgan fingerprint density at radius 2 is 1.69 bits per heavy atom. The molecular formula is C27H25NO4. The zero-order chi connectivity index (χ0) is 22.7. The summed E-state index contributed by atoms with van der Waals surface area (Å²) in [6, 6.07) is 22.9. The predicted octanol–water partition coefficient (Wildman–Crippen LogP) is 5.41. The van der Waals surface area contributed by atoms with Gasteiger partial charge in [-0.3, -0.25) is 14.5 Å². The van der Waals surface area contributed by atoms with Crippen molar-refractivity contribution >= 4 is 23.1 Å². The molecule has 1 unspecified atom stereocenters. The number of carbonyl (C=O) groups excluding carboxylic acids is 2. The van der Waals surface area contributed by atoms with E-state index in [0.29, 0.717) is 23.6 Å². The molecule has 0 radical (unpaired) electrons. The van der Waals surface area contributed by atoms with E-state index in [1.165, 1.54) is 4.90 Å². The first-order valence-corrected chi connectivity index (χ1v) is 10.7. The Morgan fingerprint density at radius 1 is 0.969 bits per heavy atom. The van der Waals surface area contributed by atoms with Gasteiger partial charge < -0.3 is 9.84 Å². The van der Waals surface area contributed by atoms with Crippen molar-refractivity contribution < 1.29 is 19.4 Å². The van der Waals surface area contributed by atoms with Gasteiger partial charge in [0.05, 0.1) is 18.2 Å². The second-order valence-corrected chi connectivity index (χ2v) is 7.79. The standard InChI is InChI=1S/C27H25NO4/c1-3-16-32-22-11-7-10-20(17-22)25(29)23-24(19-8-5-4-6-9-19)28(27(31)26(23)30)21-14-12-18(2)13-15-21/h4-15,17,24,29H,3,16H2,1-2H3/b25-23-. The Bertz CT molecular complexity index is 1170. The number of aryl methyl sites for hydroxylation is 1. The van der Waals surface area contributed by atoms with E-state index in [2.05, 4.69) is 0 Å². The lowest BCUT2D eigenvalue weighted by Gasteiger charge is -2.25. The average molecular weight is 428 g/mol. The first-order valence-electron chi connectivity index (χ1n) is 10.7. The number of benzene rings is 3. The number of ether oxygens (including phenoxy) is 1. The van der Waals surface area contributed by atoms with Crippen molar-refractivity contribution in [3.8, 4) is 5.75 Å². The van der Waals surface area contributed by atoms with Crippen LogP contribution in [0.2, 0.25) is 0 Å². The molecule has 1 N–H and O–H groups in total. The summed E-state index contributed by atoms with van der Waals surface area (Å²) >= 11 is 0. The maximum atomic E-state index is 13.2. The molecule has 32 heavy (non-hydrogen) atoms. The topological polar surface area (TPSA) is 66.8 Å². The zero-order valence-electron chi connectivity index (χ0n) is 18.1. The zero-order valence-corrected chi connectivity index (χ0v) is 18.1. The van der Waals surface area contributed by atoms with E-state index in [1.807, 2.05) is 68.4 Å². The molecule has 1 fully saturated rings. The Kier molecular flexibility index (Phi) is 6.08. The number of anilines is 1. The molecule has 1 aliphatic rings. The van der Waals surface area contributed by atoms with Gasteiger partial charge >= 0.3 is 0 Å². The van der Waals surface area contributed by atoms with Gasteiger partial charge in [0.2, 0.25) is 0 Å².